The first-order valence-corrected chi connectivity index (χ1v) is 6.72. The van der Waals surface area contributed by atoms with Crippen LogP contribution in [0.4, 0.5) is 4.79 Å². The van der Waals surface area contributed by atoms with Crippen LogP contribution < -0.4 is 10.6 Å². The Balaban J connectivity index is 1.67. The molecule has 1 aromatic rings. The molecule has 2 rings (SSSR count). The monoisotopic (exact) mass is 254 g/mol. The number of carbonyl (C=O) groups is 1. The van der Waals surface area contributed by atoms with Crippen molar-refractivity contribution >= 4 is 17.4 Å². The number of aliphatic hydroxyl groups is 1. The van der Waals surface area contributed by atoms with Crippen LogP contribution in [0.5, 0.6) is 0 Å². The first kappa shape index (κ1) is 12.4. The van der Waals surface area contributed by atoms with Crippen LogP contribution in [0.3, 0.4) is 0 Å². The van der Waals surface area contributed by atoms with E-state index in [1.54, 1.807) is 18.3 Å². The summed E-state index contributed by atoms with van der Waals surface area (Å²) in [5.74, 6) is 0.347. The molecule has 2 amide bonds. The molecule has 5 heteroatoms. The fourth-order valence-electron chi connectivity index (χ4n) is 1.75. The van der Waals surface area contributed by atoms with E-state index in [9.17, 15) is 9.90 Å². The van der Waals surface area contributed by atoms with Gasteiger partial charge >= 0.3 is 6.03 Å². The molecule has 17 heavy (non-hydrogen) atoms. The van der Waals surface area contributed by atoms with Gasteiger partial charge in [-0.05, 0) is 37.1 Å². The zero-order valence-corrected chi connectivity index (χ0v) is 10.7. The largest absolute Gasteiger partial charge is 0.388 e. The summed E-state index contributed by atoms with van der Waals surface area (Å²) in [5.41, 5.74) is -0.764. The Morgan fingerprint density at radius 1 is 1.59 bits per heavy atom. The number of hydrogen-bond acceptors (Lipinski definition) is 3. The fourth-order valence-corrected chi connectivity index (χ4v) is 2.40. The third-order valence-electron chi connectivity index (χ3n) is 3.07. The molecule has 1 aliphatic rings. The molecule has 3 N–H and O–H groups in total. The van der Waals surface area contributed by atoms with Crippen LogP contribution in [-0.4, -0.2) is 23.3 Å². The molecular formula is C12H18N2O2S. The van der Waals surface area contributed by atoms with Gasteiger partial charge in [-0.1, -0.05) is 6.07 Å². The first-order chi connectivity index (χ1) is 8.08. The second-order valence-corrected chi connectivity index (χ2v) is 5.78. The molecule has 1 heterocycles. The van der Waals surface area contributed by atoms with E-state index < -0.39 is 5.60 Å². The summed E-state index contributed by atoms with van der Waals surface area (Å²) in [4.78, 5) is 12.6. The number of carbonyl (C=O) groups excluding carboxylic acids is 1. The molecule has 0 aromatic carbocycles. The van der Waals surface area contributed by atoms with Crippen LogP contribution in [0.1, 0.15) is 24.6 Å². The Labute approximate surface area is 105 Å². The van der Waals surface area contributed by atoms with Crippen molar-refractivity contribution < 1.29 is 9.90 Å². The van der Waals surface area contributed by atoms with Crippen LogP contribution in [0, 0.1) is 5.92 Å². The lowest BCUT2D eigenvalue weighted by atomic mass is 10.0. The van der Waals surface area contributed by atoms with Gasteiger partial charge in [0.1, 0.15) is 0 Å². The van der Waals surface area contributed by atoms with Crippen molar-refractivity contribution in [3.8, 4) is 0 Å². The molecule has 0 bridgehead atoms. The predicted octanol–water partition coefficient (Wildman–Crippen LogP) is 1.71. The SMILES string of the molecule is CC(O)(CNC(=O)NCc1cccs1)C1CC1. The van der Waals surface area contributed by atoms with Gasteiger partial charge in [0.15, 0.2) is 0 Å². The van der Waals surface area contributed by atoms with Gasteiger partial charge in [0.2, 0.25) is 0 Å². The van der Waals surface area contributed by atoms with E-state index in [0.29, 0.717) is 19.0 Å². The maximum absolute atomic E-state index is 11.5. The number of nitrogens with one attached hydrogen (secondary N) is 2. The number of hydrogen-bond donors (Lipinski definition) is 3. The summed E-state index contributed by atoms with van der Waals surface area (Å²) < 4.78 is 0. The van der Waals surface area contributed by atoms with Gasteiger partial charge in [0.25, 0.3) is 0 Å². The van der Waals surface area contributed by atoms with E-state index in [2.05, 4.69) is 10.6 Å². The molecule has 1 fully saturated rings. The van der Waals surface area contributed by atoms with Crippen molar-refractivity contribution in [1.29, 1.82) is 0 Å². The molecule has 1 aliphatic carbocycles. The van der Waals surface area contributed by atoms with E-state index in [1.165, 1.54) is 0 Å². The van der Waals surface area contributed by atoms with Crippen molar-refractivity contribution in [1.82, 2.24) is 10.6 Å². The number of thiophene rings is 1. The van der Waals surface area contributed by atoms with Crippen LogP contribution in [0.2, 0.25) is 0 Å². The minimum absolute atomic E-state index is 0.223. The minimum atomic E-state index is -0.764. The Kier molecular flexibility index (Phi) is 3.69. The van der Waals surface area contributed by atoms with Gasteiger partial charge in [0.05, 0.1) is 12.1 Å². The topological polar surface area (TPSA) is 61.4 Å². The molecule has 1 saturated carbocycles. The van der Waals surface area contributed by atoms with Gasteiger partial charge in [-0.15, -0.1) is 11.3 Å². The Hall–Kier alpha value is -1.07. The molecule has 0 spiro atoms. The first-order valence-electron chi connectivity index (χ1n) is 5.84. The van der Waals surface area contributed by atoms with Gasteiger partial charge in [-0.3, -0.25) is 0 Å². The van der Waals surface area contributed by atoms with Crippen molar-refractivity contribution in [2.24, 2.45) is 5.92 Å². The van der Waals surface area contributed by atoms with Gasteiger partial charge in [-0.25, -0.2) is 4.79 Å². The van der Waals surface area contributed by atoms with Crippen molar-refractivity contribution in [2.45, 2.75) is 31.9 Å². The second-order valence-electron chi connectivity index (χ2n) is 4.75. The maximum atomic E-state index is 11.5. The van der Waals surface area contributed by atoms with Gasteiger partial charge in [0, 0.05) is 11.4 Å². The highest BCUT2D eigenvalue weighted by molar-refractivity contribution is 7.09. The highest BCUT2D eigenvalue weighted by Crippen LogP contribution is 2.38. The van der Waals surface area contributed by atoms with Crippen molar-refractivity contribution in [2.75, 3.05) is 6.54 Å². The van der Waals surface area contributed by atoms with E-state index >= 15 is 0 Å². The highest BCUT2D eigenvalue weighted by Gasteiger charge is 2.39. The second kappa shape index (κ2) is 5.06. The summed E-state index contributed by atoms with van der Waals surface area (Å²) in [6.07, 6.45) is 2.12. The average Bonchev–Trinajstić information content (AvgIpc) is 3.03. The molecule has 1 aromatic heterocycles. The summed E-state index contributed by atoms with van der Waals surface area (Å²) >= 11 is 1.61. The molecular weight excluding hydrogens is 236 g/mol. The van der Waals surface area contributed by atoms with E-state index in [-0.39, 0.29) is 6.03 Å². The van der Waals surface area contributed by atoms with E-state index in [4.69, 9.17) is 0 Å². The maximum Gasteiger partial charge on any atom is 0.315 e. The molecule has 0 saturated heterocycles. The third-order valence-corrected chi connectivity index (χ3v) is 3.94. The number of amides is 2. The normalized spacial score (nSPS) is 18.5. The molecule has 1 atom stereocenters. The van der Waals surface area contributed by atoms with E-state index in [0.717, 1.165) is 17.7 Å². The Morgan fingerprint density at radius 3 is 2.94 bits per heavy atom. The highest BCUT2D eigenvalue weighted by atomic mass is 32.1. The van der Waals surface area contributed by atoms with Crippen LogP contribution >= 0.6 is 11.3 Å². The molecule has 94 valence electrons. The van der Waals surface area contributed by atoms with Gasteiger partial charge in [-0.2, -0.15) is 0 Å². The Bertz CT molecular complexity index is 372. The number of rotatable bonds is 5. The lowest BCUT2D eigenvalue weighted by Gasteiger charge is -2.23. The van der Waals surface area contributed by atoms with Crippen molar-refractivity contribution in [3.63, 3.8) is 0 Å². The smallest absolute Gasteiger partial charge is 0.315 e. The van der Waals surface area contributed by atoms with Gasteiger partial charge < -0.3 is 15.7 Å². The molecule has 0 radical (unpaired) electrons. The predicted molar refractivity (Wildman–Crippen MR) is 67.9 cm³/mol. The summed E-state index contributed by atoms with van der Waals surface area (Å²) in [5, 5.41) is 17.5. The number of urea groups is 1. The van der Waals surface area contributed by atoms with Crippen LogP contribution in [-0.2, 0) is 6.54 Å². The standard InChI is InChI=1S/C12H18N2O2S/c1-12(16,9-4-5-9)8-14-11(15)13-7-10-3-2-6-17-10/h2-3,6,9,16H,4-5,7-8H2,1H3,(H2,13,14,15). The summed E-state index contributed by atoms with van der Waals surface area (Å²) in [7, 11) is 0. The third kappa shape index (κ3) is 3.71. The molecule has 4 nitrogen and oxygen atoms in total. The lowest BCUT2D eigenvalue weighted by Crippen LogP contribution is -2.45. The van der Waals surface area contributed by atoms with E-state index in [1.807, 2.05) is 17.5 Å². The molecule has 1 unspecified atom stereocenters. The zero-order chi connectivity index (χ0) is 12.3. The lowest BCUT2D eigenvalue weighted by molar-refractivity contribution is 0.0394. The fraction of sp³-hybridized carbons (Fsp3) is 0.583. The van der Waals surface area contributed by atoms with Crippen LogP contribution in [0.25, 0.3) is 0 Å². The zero-order valence-electron chi connectivity index (χ0n) is 9.90. The van der Waals surface area contributed by atoms with Crippen molar-refractivity contribution in [3.05, 3.63) is 22.4 Å². The minimum Gasteiger partial charge on any atom is -0.388 e. The Morgan fingerprint density at radius 2 is 2.35 bits per heavy atom. The average molecular weight is 254 g/mol. The van der Waals surface area contributed by atoms with Crippen LogP contribution in [0.15, 0.2) is 17.5 Å². The summed E-state index contributed by atoms with van der Waals surface area (Å²) in [6, 6.07) is 3.71. The quantitative estimate of drug-likeness (QED) is 0.749. The molecule has 0 aliphatic heterocycles. The summed E-state index contributed by atoms with van der Waals surface area (Å²) in [6.45, 7) is 2.63.